The highest BCUT2D eigenvalue weighted by Crippen LogP contribution is 2.41. The van der Waals surface area contributed by atoms with Gasteiger partial charge in [-0.15, -0.1) is 0 Å². The molecule has 158 valence electrons. The first-order valence-corrected chi connectivity index (χ1v) is 10.4. The lowest BCUT2D eigenvalue weighted by molar-refractivity contribution is 0.296. The number of nitrogens with zero attached hydrogens (tertiary/aromatic N) is 1. The van der Waals surface area contributed by atoms with Crippen LogP contribution in [0.25, 0.3) is 22.0 Å². The maximum absolute atomic E-state index is 14.1. The molecule has 31 heavy (non-hydrogen) atoms. The van der Waals surface area contributed by atoms with E-state index >= 15 is 0 Å². The summed E-state index contributed by atoms with van der Waals surface area (Å²) in [4.78, 5) is 4.69. The van der Waals surface area contributed by atoms with Crippen LogP contribution in [-0.2, 0) is 6.61 Å². The van der Waals surface area contributed by atoms with Crippen LogP contribution < -0.4 is 15.2 Å². The van der Waals surface area contributed by atoms with Crippen molar-refractivity contribution >= 4 is 34.0 Å². The number of halogens is 3. The lowest BCUT2D eigenvalue weighted by Gasteiger charge is -2.17. The first kappa shape index (κ1) is 21.4. The summed E-state index contributed by atoms with van der Waals surface area (Å²) in [6.45, 7) is 0.867. The molecule has 1 aromatic heterocycles. The van der Waals surface area contributed by atoms with Crippen LogP contribution in [0.3, 0.4) is 0 Å². The summed E-state index contributed by atoms with van der Waals surface area (Å²) in [5.41, 5.74) is 7.82. The minimum absolute atomic E-state index is 0.271. The van der Waals surface area contributed by atoms with E-state index in [9.17, 15) is 4.39 Å². The Morgan fingerprint density at radius 1 is 0.871 bits per heavy atom. The van der Waals surface area contributed by atoms with Crippen LogP contribution >= 0.6 is 23.2 Å². The Morgan fingerprint density at radius 3 is 2.42 bits per heavy atom. The molecule has 0 aliphatic rings. The Hall–Kier alpha value is -2.86. The molecule has 0 amide bonds. The molecule has 0 fully saturated rings. The van der Waals surface area contributed by atoms with E-state index < -0.39 is 5.82 Å². The molecule has 0 aliphatic heterocycles. The summed E-state index contributed by atoms with van der Waals surface area (Å²) in [7, 11) is 0. The van der Waals surface area contributed by atoms with Crippen LogP contribution in [0.4, 0.5) is 4.39 Å². The highest BCUT2D eigenvalue weighted by Gasteiger charge is 2.19. The number of rotatable bonds is 7. The Kier molecular flexibility index (Phi) is 6.56. The van der Waals surface area contributed by atoms with Crippen LogP contribution in [0.5, 0.6) is 11.6 Å². The van der Waals surface area contributed by atoms with Crippen LogP contribution in [0.2, 0.25) is 10.0 Å². The third-order valence-corrected chi connectivity index (χ3v) is 5.40. The number of hydrogen-bond acceptors (Lipinski definition) is 4. The molecule has 0 spiro atoms. The second-order valence-corrected chi connectivity index (χ2v) is 7.64. The van der Waals surface area contributed by atoms with Crippen molar-refractivity contribution < 1.29 is 13.9 Å². The van der Waals surface area contributed by atoms with Gasteiger partial charge in [0, 0.05) is 17.5 Å². The van der Waals surface area contributed by atoms with E-state index in [1.165, 1.54) is 12.1 Å². The highest BCUT2D eigenvalue weighted by molar-refractivity contribution is 6.42. The second kappa shape index (κ2) is 9.52. The predicted octanol–water partition coefficient (Wildman–Crippen LogP) is 6.26. The zero-order chi connectivity index (χ0) is 21.8. The summed E-state index contributed by atoms with van der Waals surface area (Å²) in [5.74, 6) is 0.372. The molecular weight excluding hydrogens is 438 g/mol. The molecule has 0 unspecified atom stereocenters. The van der Waals surface area contributed by atoms with Crippen molar-refractivity contribution in [1.29, 1.82) is 0 Å². The lowest BCUT2D eigenvalue weighted by atomic mass is 10.0. The molecule has 0 aliphatic carbocycles. The van der Waals surface area contributed by atoms with E-state index in [-0.39, 0.29) is 13.2 Å². The highest BCUT2D eigenvalue weighted by atomic mass is 35.5. The number of ether oxygens (including phenoxy) is 2. The molecule has 4 nitrogen and oxygen atoms in total. The molecule has 3 aromatic carbocycles. The van der Waals surface area contributed by atoms with Gasteiger partial charge in [-0.1, -0.05) is 59.6 Å². The monoisotopic (exact) mass is 456 g/mol. The Morgan fingerprint density at radius 2 is 1.68 bits per heavy atom. The normalized spacial score (nSPS) is 11.0. The number of hydrogen-bond donors (Lipinski definition) is 1. The van der Waals surface area contributed by atoms with Gasteiger partial charge in [-0.05, 0) is 35.9 Å². The lowest BCUT2D eigenvalue weighted by Crippen LogP contribution is -2.12. The second-order valence-electron chi connectivity index (χ2n) is 6.82. The van der Waals surface area contributed by atoms with Crippen molar-refractivity contribution in [2.75, 3.05) is 13.2 Å². The SMILES string of the molecule is NCCOc1c(-c2ccc(Cl)c(Cl)c2)nc(OCc2ccccc2)c2cc(F)ccc12. The summed E-state index contributed by atoms with van der Waals surface area (Å²) in [6.07, 6.45) is 0. The van der Waals surface area contributed by atoms with Gasteiger partial charge in [-0.2, -0.15) is 0 Å². The van der Waals surface area contributed by atoms with Gasteiger partial charge in [0.1, 0.15) is 24.7 Å². The van der Waals surface area contributed by atoms with Crippen molar-refractivity contribution in [3.05, 3.63) is 88.2 Å². The Balaban J connectivity index is 1.89. The fourth-order valence-electron chi connectivity index (χ4n) is 3.21. The molecule has 0 atom stereocenters. The number of nitrogens with two attached hydrogens (primary N) is 1. The first-order chi connectivity index (χ1) is 15.1. The fraction of sp³-hybridized carbons (Fsp3) is 0.125. The van der Waals surface area contributed by atoms with E-state index in [0.717, 1.165) is 5.56 Å². The number of pyridine rings is 1. The van der Waals surface area contributed by atoms with Gasteiger partial charge in [-0.3, -0.25) is 0 Å². The van der Waals surface area contributed by atoms with Gasteiger partial charge in [0.05, 0.1) is 15.4 Å². The van der Waals surface area contributed by atoms with E-state index in [0.29, 0.717) is 50.2 Å². The minimum atomic E-state index is -0.397. The summed E-state index contributed by atoms with van der Waals surface area (Å²) in [6, 6.07) is 19.3. The van der Waals surface area contributed by atoms with Gasteiger partial charge < -0.3 is 15.2 Å². The average Bonchev–Trinajstić information content (AvgIpc) is 2.78. The maximum Gasteiger partial charge on any atom is 0.222 e. The topological polar surface area (TPSA) is 57.4 Å². The molecule has 4 rings (SSSR count). The molecular formula is C24H19Cl2FN2O2. The van der Waals surface area contributed by atoms with Crippen LogP contribution in [-0.4, -0.2) is 18.1 Å². The van der Waals surface area contributed by atoms with Crippen LogP contribution in [0.1, 0.15) is 5.56 Å². The molecule has 4 aromatic rings. The van der Waals surface area contributed by atoms with Crippen molar-refractivity contribution in [2.45, 2.75) is 6.61 Å². The van der Waals surface area contributed by atoms with Gasteiger partial charge in [0.2, 0.25) is 5.88 Å². The van der Waals surface area contributed by atoms with E-state index in [4.69, 9.17) is 43.4 Å². The molecule has 1 heterocycles. The summed E-state index contributed by atoms with van der Waals surface area (Å²) >= 11 is 12.3. The Bertz CT molecular complexity index is 1220. The largest absolute Gasteiger partial charge is 0.489 e. The summed E-state index contributed by atoms with van der Waals surface area (Å²) < 4.78 is 26.1. The molecule has 0 saturated carbocycles. The van der Waals surface area contributed by atoms with E-state index in [2.05, 4.69) is 0 Å². The first-order valence-electron chi connectivity index (χ1n) is 9.65. The van der Waals surface area contributed by atoms with Gasteiger partial charge in [-0.25, -0.2) is 9.37 Å². The van der Waals surface area contributed by atoms with Gasteiger partial charge >= 0.3 is 0 Å². The van der Waals surface area contributed by atoms with Crippen molar-refractivity contribution in [2.24, 2.45) is 5.73 Å². The molecule has 0 bridgehead atoms. The zero-order valence-electron chi connectivity index (χ0n) is 16.4. The summed E-state index contributed by atoms with van der Waals surface area (Å²) in [5, 5.41) is 1.98. The molecule has 2 N–H and O–H groups in total. The van der Waals surface area contributed by atoms with Crippen LogP contribution in [0, 0.1) is 5.82 Å². The fourth-order valence-corrected chi connectivity index (χ4v) is 3.51. The van der Waals surface area contributed by atoms with Gasteiger partial charge in [0.15, 0.2) is 5.75 Å². The minimum Gasteiger partial charge on any atom is -0.489 e. The number of fused-ring (bicyclic) bond motifs is 1. The van der Waals surface area contributed by atoms with Crippen molar-refractivity contribution in [3.8, 4) is 22.9 Å². The third-order valence-electron chi connectivity index (χ3n) is 4.66. The molecule has 7 heteroatoms. The Labute approximate surface area is 189 Å². The third kappa shape index (κ3) is 4.74. The molecule has 0 saturated heterocycles. The zero-order valence-corrected chi connectivity index (χ0v) is 18.0. The van der Waals surface area contributed by atoms with Crippen molar-refractivity contribution in [1.82, 2.24) is 4.98 Å². The van der Waals surface area contributed by atoms with Crippen molar-refractivity contribution in [3.63, 3.8) is 0 Å². The predicted molar refractivity (Wildman–Crippen MR) is 122 cm³/mol. The number of aromatic nitrogens is 1. The smallest absolute Gasteiger partial charge is 0.222 e. The van der Waals surface area contributed by atoms with Gasteiger partial charge in [0.25, 0.3) is 0 Å². The average molecular weight is 457 g/mol. The quantitative estimate of drug-likeness (QED) is 0.356. The maximum atomic E-state index is 14.1. The molecule has 0 radical (unpaired) electrons. The van der Waals surface area contributed by atoms with Crippen LogP contribution in [0.15, 0.2) is 66.7 Å². The standard InChI is InChI=1S/C24H19Cl2FN2O2/c25-20-9-6-16(12-21(20)26)22-23(30-11-10-28)18-8-7-17(27)13-19(18)24(29-22)31-14-15-4-2-1-3-5-15/h1-9,12-13H,10-11,14,28H2. The van der Waals surface area contributed by atoms with E-state index in [1.807, 2.05) is 30.3 Å². The number of benzene rings is 3. The van der Waals surface area contributed by atoms with E-state index in [1.54, 1.807) is 24.3 Å².